The first kappa shape index (κ1) is 10.6. The molecule has 0 atom stereocenters. The summed E-state index contributed by atoms with van der Waals surface area (Å²) in [7, 11) is 0. The summed E-state index contributed by atoms with van der Waals surface area (Å²) in [4.78, 5) is 14.2. The minimum Gasteiger partial charge on any atom is -0.550 e. The summed E-state index contributed by atoms with van der Waals surface area (Å²) in [6.45, 7) is 0. The second kappa shape index (κ2) is 4.32. The average molecular weight is 238 g/mol. The first-order valence-electron chi connectivity index (χ1n) is 4.44. The zero-order valence-corrected chi connectivity index (χ0v) is 8.77. The highest BCUT2D eigenvalue weighted by Gasteiger charge is 2.11. The van der Waals surface area contributed by atoms with Crippen molar-refractivity contribution >= 4 is 17.6 Å². The molecule has 0 amide bonds. The van der Waals surface area contributed by atoms with Crippen molar-refractivity contribution < 1.29 is 14.4 Å². The molecule has 1 aromatic carbocycles. The molecular weight excluding hydrogens is 232 g/mol. The van der Waals surface area contributed by atoms with E-state index in [0.29, 0.717) is 10.6 Å². The summed E-state index contributed by atoms with van der Waals surface area (Å²) in [5, 5.41) is 14.3. The number of aliphatic carboxylic acids is 1. The Kier molecular flexibility index (Phi) is 2.87. The van der Waals surface area contributed by atoms with E-state index in [9.17, 15) is 9.90 Å². The summed E-state index contributed by atoms with van der Waals surface area (Å²) >= 11 is 5.92. The van der Waals surface area contributed by atoms with Gasteiger partial charge in [-0.15, -0.1) is 0 Å². The van der Waals surface area contributed by atoms with Gasteiger partial charge in [0, 0.05) is 5.97 Å². The number of carbonyl (C=O) groups is 1. The monoisotopic (exact) mass is 237 g/mol. The maximum atomic E-state index is 10.3. The lowest BCUT2D eigenvalue weighted by molar-refractivity contribution is -0.304. The molecule has 0 saturated carbocycles. The molecule has 0 aliphatic carbocycles. The molecule has 0 fully saturated rings. The zero-order valence-electron chi connectivity index (χ0n) is 8.01. The van der Waals surface area contributed by atoms with Gasteiger partial charge in [0.2, 0.25) is 0 Å². The van der Waals surface area contributed by atoms with E-state index >= 15 is 0 Å². The van der Waals surface area contributed by atoms with Gasteiger partial charge in [-0.3, -0.25) is 0 Å². The van der Waals surface area contributed by atoms with Crippen LogP contribution in [0.5, 0.6) is 0 Å². The van der Waals surface area contributed by atoms with E-state index in [1.165, 1.54) is 0 Å². The van der Waals surface area contributed by atoms with Crippen molar-refractivity contribution in [3.8, 4) is 11.5 Å². The number of carboxylic acids is 1. The Hall–Kier alpha value is -1.88. The summed E-state index contributed by atoms with van der Waals surface area (Å²) in [6, 6.07) is 6.92. The lowest BCUT2D eigenvalue weighted by atomic mass is 10.2. The first-order chi connectivity index (χ1) is 7.66. The fraction of sp³-hybridized carbons (Fsp3) is 0.100. The minimum absolute atomic E-state index is 0.0647. The van der Waals surface area contributed by atoms with Crippen LogP contribution in [0.15, 0.2) is 28.8 Å². The summed E-state index contributed by atoms with van der Waals surface area (Å²) in [5.74, 6) is -0.997. The smallest absolute Gasteiger partial charge is 0.259 e. The van der Waals surface area contributed by atoms with E-state index in [0.717, 1.165) is 0 Å². The van der Waals surface area contributed by atoms with Crippen molar-refractivity contribution in [2.75, 3.05) is 0 Å². The second-order valence-electron chi connectivity index (χ2n) is 3.04. The lowest BCUT2D eigenvalue weighted by Gasteiger charge is -1.96. The van der Waals surface area contributed by atoms with E-state index in [1.54, 1.807) is 24.3 Å². The molecule has 2 rings (SSSR count). The number of aromatic nitrogens is 2. The molecule has 0 spiro atoms. The van der Waals surface area contributed by atoms with Crippen LogP contribution in [0.25, 0.3) is 11.5 Å². The number of carboxylic acid groups (broad SMARTS) is 1. The number of benzene rings is 1. The van der Waals surface area contributed by atoms with Gasteiger partial charge < -0.3 is 14.4 Å². The van der Waals surface area contributed by atoms with Crippen LogP contribution < -0.4 is 5.11 Å². The molecule has 0 aliphatic rings. The van der Waals surface area contributed by atoms with Crippen molar-refractivity contribution in [3.05, 3.63) is 35.1 Å². The maximum absolute atomic E-state index is 10.3. The third-order valence-electron chi connectivity index (χ3n) is 1.87. The molecule has 0 saturated heterocycles. The highest BCUT2D eigenvalue weighted by Crippen LogP contribution is 2.25. The van der Waals surface area contributed by atoms with Gasteiger partial charge in [0.15, 0.2) is 5.82 Å². The Labute approximate surface area is 95.7 Å². The molecule has 6 heteroatoms. The molecule has 0 aliphatic heterocycles. The van der Waals surface area contributed by atoms with Gasteiger partial charge in [0.25, 0.3) is 5.89 Å². The summed E-state index contributed by atoms with van der Waals surface area (Å²) in [6.07, 6.45) is -0.381. The van der Waals surface area contributed by atoms with Crippen molar-refractivity contribution in [2.24, 2.45) is 0 Å². The lowest BCUT2D eigenvalue weighted by Crippen LogP contribution is -2.24. The van der Waals surface area contributed by atoms with Gasteiger partial charge >= 0.3 is 0 Å². The molecule has 82 valence electrons. The fourth-order valence-electron chi connectivity index (χ4n) is 1.20. The molecule has 0 bridgehead atoms. The SMILES string of the molecule is O=C([O-])Cc1noc(-c2ccccc2Cl)n1. The van der Waals surface area contributed by atoms with Gasteiger partial charge in [-0.1, -0.05) is 28.9 Å². The highest BCUT2D eigenvalue weighted by atomic mass is 35.5. The van der Waals surface area contributed by atoms with E-state index in [4.69, 9.17) is 16.1 Å². The maximum Gasteiger partial charge on any atom is 0.259 e. The van der Waals surface area contributed by atoms with E-state index in [1.807, 2.05) is 0 Å². The van der Waals surface area contributed by atoms with Crippen LogP contribution in [0.4, 0.5) is 0 Å². The van der Waals surface area contributed by atoms with Gasteiger partial charge in [-0.25, -0.2) is 0 Å². The van der Waals surface area contributed by atoms with Crippen LogP contribution in [-0.2, 0) is 11.2 Å². The van der Waals surface area contributed by atoms with Gasteiger partial charge in [-0.05, 0) is 12.1 Å². The zero-order chi connectivity index (χ0) is 11.5. The molecule has 5 nitrogen and oxygen atoms in total. The third kappa shape index (κ3) is 2.20. The Morgan fingerprint density at radius 2 is 2.19 bits per heavy atom. The van der Waals surface area contributed by atoms with Crippen molar-refractivity contribution in [2.45, 2.75) is 6.42 Å². The molecule has 1 aromatic heterocycles. The molecule has 16 heavy (non-hydrogen) atoms. The topological polar surface area (TPSA) is 79.0 Å². The molecule has 2 aromatic rings. The molecule has 0 radical (unpaired) electrons. The van der Waals surface area contributed by atoms with Gasteiger partial charge in [0.05, 0.1) is 17.0 Å². The first-order valence-corrected chi connectivity index (χ1v) is 4.82. The Morgan fingerprint density at radius 1 is 1.44 bits per heavy atom. The normalized spacial score (nSPS) is 10.3. The molecule has 0 N–H and O–H groups in total. The largest absolute Gasteiger partial charge is 0.550 e. The quantitative estimate of drug-likeness (QED) is 0.784. The molecular formula is C10H6ClN2O3-. The minimum atomic E-state index is -1.26. The molecule has 1 heterocycles. The number of hydrogen-bond donors (Lipinski definition) is 0. The van der Waals surface area contributed by atoms with Crippen LogP contribution in [0, 0.1) is 0 Å². The number of rotatable bonds is 3. The summed E-state index contributed by atoms with van der Waals surface area (Å²) < 4.78 is 4.90. The number of halogens is 1. The fourth-order valence-corrected chi connectivity index (χ4v) is 1.42. The van der Waals surface area contributed by atoms with Crippen LogP contribution in [0.1, 0.15) is 5.82 Å². The van der Waals surface area contributed by atoms with Crippen molar-refractivity contribution in [1.29, 1.82) is 0 Å². The molecule has 0 unspecified atom stereocenters. The van der Waals surface area contributed by atoms with Crippen molar-refractivity contribution in [1.82, 2.24) is 10.1 Å². The number of hydrogen-bond acceptors (Lipinski definition) is 5. The Balaban J connectivity index is 2.32. The number of nitrogens with zero attached hydrogens (tertiary/aromatic N) is 2. The average Bonchev–Trinajstić information content (AvgIpc) is 2.66. The Morgan fingerprint density at radius 3 is 2.88 bits per heavy atom. The van der Waals surface area contributed by atoms with E-state index < -0.39 is 5.97 Å². The van der Waals surface area contributed by atoms with Gasteiger partial charge in [0.1, 0.15) is 0 Å². The second-order valence-corrected chi connectivity index (χ2v) is 3.45. The predicted molar refractivity (Wildman–Crippen MR) is 53.5 cm³/mol. The Bertz CT molecular complexity index is 524. The van der Waals surface area contributed by atoms with Crippen LogP contribution in [0.2, 0.25) is 5.02 Å². The van der Waals surface area contributed by atoms with Crippen molar-refractivity contribution in [3.63, 3.8) is 0 Å². The predicted octanol–water partition coefficient (Wildman–Crippen LogP) is 0.682. The van der Waals surface area contributed by atoms with Gasteiger partial charge in [-0.2, -0.15) is 4.98 Å². The summed E-state index contributed by atoms with van der Waals surface area (Å²) in [5.41, 5.74) is 0.571. The van der Waals surface area contributed by atoms with Crippen LogP contribution in [0.3, 0.4) is 0 Å². The standard InChI is InChI=1S/C10H7ClN2O3/c11-7-4-2-1-3-6(7)10-12-8(13-16-10)5-9(14)15/h1-4H,5H2,(H,14,15)/p-1. The third-order valence-corrected chi connectivity index (χ3v) is 2.20. The van der Waals surface area contributed by atoms with Crippen LogP contribution >= 0.6 is 11.6 Å². The van der Waals surface area contributed by atoms with E-state index in [-0.39, 0.29) is 18.1 Å². The highest BCUT2D eigenvalue weighted by molar-refractivity contribution is 6.33. The van der Waals surface area contributed by atoms with Crippen LogP contribution in [-0.4, -0.2) is 16.1 Å². The van der Waals surface area contributed by atoms with E-state index in [2.05, 4.69) is 10.1 Å². The number of carbonyl (C=O) groups excluding carboxylic acids is 1.